The molecule has 0 bridgehead atoms. The normalized spacial score (nSPS) is 14.2. The Morgan fingerprint density at radius 2 is 1.65 bits per heavy atom. The van der Waals surface area contributed by atoms with E-state index in [2.05, 4.69) is 10.6 Å². The second kappa shape index (κ2) is 10.3. The highest BCUT2D eigenvalue weighted by Gasteiger charge is 2.41. The molecule has 1 atom stereocenters. The highest BCUT2D eigenvalue weighted by atomic mass is 16.6. The fourth-order valence-corrected chi connectivity index (χ4v) is 3.95. The van der Waals surface area contributed by atoms with Crippen LogP contribution in [0.25, 0.3) is 0 Å². The maximum Gasteiger partial charge on any atom is 0.408 e. The van der Waals surface area contributed by atoms with E-state index in [1.54, 1.807) is 25.7 Å². The number of carbonyl (C=O) groups excluding carboxylic acids is 3. The topological polar surface area (TPSA) is 87.7 Å². The molecule has 3 rings (SSSR count). The number of rotatable bonds is 7. The largest absolute Gasteiger partial charge is 0.444 e. The van der Waals surface area contributed by atoms with Gasteiger partial charge in [-0.05, 0) is 71.1 Å². The van der Waals surface area contributed by atoms with Crippen LogP contribution in [-0.4, -0.2) is 41.0 Å². The van der Waals surface area contributed by atoms with E-state index in [0.29, 0.717) is 0 Å². The van der Waals surface area contributed by atoms with Gasteiger partial charge in [-0.25, -0.2) is 4.79 Å². The second-order valence-electron chi connectivity index (χ2n) is 9.96. The van der Waals surface area contributed by atoms with Crippen LogP contribution in [0.3, 0.4) is 0 Å². The van der Waals surface area contributed by atoms with Gasteiger partial charge in [0.15, 0.2) is 0 Å². The van der Waals surface area contributed by atoms with Crippen molar-refractivity contribution in [1.29, 1.82) is 0 Å². The molecular weight excluding hydrogens is 430 g/mol. The number of alkyl carbamates (subject to hydrolysis) is 1. The predicted octanol–water partition coefficient (Wildman–Crippen LogP) is 4.81. The third-order valence-corrected chi connectivity index (χ3v) is 5.62. The van der Waals surface area contributed by atoms with Crippen molar-refractivity contribution in [3.05, 3.63) is 64.7 Å². The van der Waals surface area contributed by atoms with Gasteiger partial charge in [-0.2, -0.15) is 0 Å². The number of hydrogen-bond acceptors (Lipinski definition) is 4. The summed E-state index contributed by atoms with van der Waals surface area (Å²) in [5.74, 6) is -0.600. The van der Waals surface area contributed by atoms with E-state index in [4.69, 9.17) is 4.74 Å². The van der Waals surface area contributed by atoms with Gasteiger partial charge in [0.05, 0.1) is 0 Å². The van der Waals surface area contributed by atoms with Crippen LogP contribution in [-0.2, 0) is 14.3 Å². The maximum atomic E-state index is 13.7. The van der Waals surface area contributed by atoms with Crippen molar-refractivity contribution in [2.45, 2.75) is 72.1 Å². The van der Waals surface area contributed by atoms with Crippen LogP contribution in [0.2, 0.25) is 0 Å². The van der Waals surface area contributed by atoms with Gasteiger partial charge in [-0.15, -0.1) is 0 Å². The Labute approximate surface area is 201 Å². The quantitative estimate of drug-likeness (QED) is 0.614. The number of para-hydroxylation sites is 1. The highest BCUT2D eigenvalue weighted by Crippen LogP contribution is 2.36. The molecule has 7 heteroatoms. The van der Waals surface area contributed by atoms with E-state index < -0.39 is 17.7 Å². The van der Waals surface area contributed by atoms with Gasteiger partial charge < -0.3 is 20.3 Å². The molecule has 1 aliphatic carbocycles. The zero-order valence-corrected chi connectivity index (χ0v) is 20.9. The van der Waals surface area contributed by atoms with Gasteiger partial charge in [-0.3, -0.25) is 9.59 Å². The summed E-state index contributed by atoms with van der Waals surface area (Å²) in [6.07, 6.45) is 0.970. The van der Waals surface area contributed by atoms with Gasteiger partial charge in [0, 0.05) is 11.7 Å². The molecule has 0 saturated heterocycles. The highest BCUT2D eigenvalue weighted by molar-refractivity contribution is 5.99. The average molecular weight is 466 g/mol. The summed E-state index contributed by atoms with van der Waals surface area (Å²) in [7, 11) is 0. The summed E-state index contributed by atoms with van der Waals surface area (Å²) in [6.45, 7) is 10.9. The summed E-state index contributed by atoms with van der Waals surface area (Å²) in [6, 6.07) is 12.6. The summed E-state index contributed by atoms with van der Waals surface area (Å²) in [4.78, 5) is 40.8. The molecule has 1 saturated carbocycles. The number of nitrogens with zero attached hydrogens (tertiary/aromatic N) is 1. The first-order valence-electron chi connectivity index (χ1n) is 11.7. The first-order chi connectivity index (χ1) is 16.0. The number of amides is 3. The van der Waals surface area contributed by atoms with Crippen LogP contribution in [0.1, 0.15) is 61.9 Å². The first kappa shape index (κ1) is 25.3. The summed E-state index contributed by atoms with van der Waals surface area (Å²) in [5, 5.41) is 5.61. The Morgan fingerprint density at radius 3 is 2.21 bits per heavy atom. The third kappa shape index (κ3) is 6.59. The van der Waals surface area contributed by atoms with Crippen molar-refractivity contribution in [2.75, 3.05) is 11.9 Å². The minimum Gasteiger partial charge on any atom is -0.444 e. The summed E-state index contributed by atoms with van der Waals surface area (Å²) in [5.41, 5.74) is 3.72. The molecule has 34 heavy (non-hydrogen) atoms. The number of benzene rings is 2. The van der Waals surface area contributed by atoms with E-state index in [9.17, 15) is 14.4 Å². The second-order valence-corrected chi connectivity index (χ2v) is 9.96. The maximum absolute atomic E-state index is 13.7. The van der Waals surface area contributed by atoms with Gasteiger partial charge >= 0.3 is 6.09 Å². The predicted molar refractivity (Wildman–Crippen MR) is 133 cm³/mol. The van der Waals surface area contributed by atoms with E-state index in [0.717, 1.165) is 40.8 Å². The number of carbonyl (C=O) groups is 3. The Bertz CT molecular complexity index is 1050. The zero-order chi connectivity index (χ0) is 25.0. The van der Waals surface area contributed by atoms with Crippen molar-refractivity contribution in [1.82, 2.24) is 10.2 Å². The van der Waals surface area contributed by atoms with Crippen molar-refractivity contribution in [3.8, 4) is 0 Å². The van der Waals surface area contributed by atoms with Crippen molar-refractivity contribution >= 4 is 23.6 Å². The van der Waals surface area contributed by atoms with Crippen LogP contribution >= 0.6 is 0 Å². The van der Waals surface area contributed by atoms with Crippen molar-refractivity contribution in [2.24, 2.45) is 0 Å². The van der Waals surface area contributed by atoms with Crippen molar-refractivity contribution < 1.29 is 19.1 Å². The van der Waals surface area contributed by atoms with Crippen LogP contribution in [0.15, 0.2) is 42.5 Å². The first-order valence-corrected chi connectivity index (χ1v) is 11.7. The number of nitrogens with one attached hydrogen (secondary N) is 2. The molecule has 2 aromatic carbocycles. The molecule has 1 unspecified atom stereocenters. The third-order valence-electron chi connectivity index (χ3n) is 5.62. The Kier molecular flexibility index (Phi) is 7.64. The zero-order valence-electron chi connectivity index (χ0n) is 20.9. The van der Waals surface area contributed by atoms with Crippen LogP contribution in [0, 0.1) is 20.8 Å². The lowest BCUT2D eigenvalue weighted by Crippen LogP contribution is -2.47. The summed E-state index contributed by atoms with van der Waals surface area (Å²) < 4.78 is 5.26. The molecule has 0 spiro atoms. The van der Waals surface area contributed by atoms with Gasteiger partial charge in [0.2, 0.25) is 5.91 Å². The molecule has 2 N–H and O–H groups in total. The van der Waals surface area contributed by atoms with E-state index in [1.807, 2.05) is 63.2 Å². The lowest BCUT2D eigenvalue weighted by atomic mass is 10.0. The number of ether oxygens (including phenoxy) is 1. The molecule has 0 aliphatic heterocycles. The van der Waals surface area contributed by atoms with Crippen LogP contribution < -0.4 is 10.6 Å². The molecule has 0 heterocycles. The van der Waals surface area contributed by atoms with Crippen LogP contribution in [0.5, 0.6) is 0 Å². The molecule has 7 nitrogen and oxygen atoms in total. The molecule has 1 fully saturated rings. The van der Waals surface area contributed by atoms with Gasteiger partial charge in [-0.1, -0.05) is 48.0 Å². The average Bonchev–Trinajstić information content (AvgIpc) is 3.56. The van der Waals surface area contributed by atoms with E-state index in [1.165, 1.54) is 0 Å². The van der Waals surface area contributed by atoms with Gasteiger partial charge in [0.1, 0.15) is 18.2 Å². The molecule has 0 aromatic heterocycles. The van der Waals surface area contributed by atoms with Crippen LogP contribution in [0.4, 0.5) is 10.5 Å². The number of anilines is 1. The lowest BCUT2D eigenvalue weighted by Gasteiger charge is -2.32. The molecule has 1 aliphatic rings. The lowest BCUT2D eigenvalue weighted by molar-refractivity contribution is -0.138. The molecule has 0 radical (unpaired) electrons. The fraction of sp³-hybridized carbons (Fsp3) is 0.444. The Balaban J connectivity index is 1.89. The Hall–Kier alpha value is -3.35. The fourth-order valence-electron chi connectivity index (χ4n) is 3.95. The van der Waals surface area contributed by atoms with Gasteiger partial charge in [0.25, 0.3) is 5.91 Å². The SMILES string of the molecule is Cc1cccc(C(C(=O)Nc2c(C)cccc2C)N(C(=O)CNC(=O)OC(C)(C)C)C2CC2)c1. The van der Waals surface area contributed by atoms with E-state index >= 15 is 0 Å². The number of aryl methyl sites for hydroxylation is 3. The monoisotopic (exact) mass is 465 g/mol. The molecule has 3 amide bonds. The van der Waals surface area contributed by atoms with E-state index in [-0.39, 0.29) is 24.4 Å². The smallest absolute Gasteiger partial charge is 0.408 e. The Morgan fingerprint density at radius 1 is 1.03 bits per heavy atom. The molecular formula is C27H35N3O4. The minimum absolute atomic E-state index is 0.0535. The number of hydrogen-bond donors (Lipinski definition) is 2. The molecule has 2 aromatic rings. The minimum atomic E-state index is -0.820. The summed E-state index contributed by atoms with van der Waals surface area (Å²) >= 11 is 0. The molecule has 182 valence electrons. The van der Waals surface area contributed by atoms with Crippen molar-refractivity contribution in [3.63, 3.8) is 0 Å². The standard InChI is InChI=1S/C27H35N3O4/c1-17-9-7-12-20(15-17)24(25(32)29-23-18(2)10-8-11-19(23)3)30(21-13-14-21)22(31)16-28-26(33)34-27(4,5)6/h7-12,15,21,24H,13-14,16H2,1-6H3,(H,28,33)(H,29,32).